The van der Waals surface area contributed by atoms with Gasteiger partial charge in [0.05, 0.1) is 24.5 Å². The molecule has 0 aliphatic heterocycles. The Morgan fingerprint density at radius 2 is 1.70 bits per heavy atom. The van der Waals surface area contributed by atoms with Gasteiger partial charge in [-0.25, -0.2) is 13.9 Å². The molecule has 3 rings (SSSR count). The van der Waals surface area contributed by atoms with Crippen molar-refractivity contribution in [3.8, 4) is 17.2 Å². The quantitative estimate of drug-likeness (QED) is 0.355. The smallest absolute Gasteiger partial charge is 0.343 e. The minimum absolute atomic E-state index is 0.00766. The molecule has 3 aromatic rings. The van der Waals surface area contributed by atoms with E-state index in [1.54, 1.807) is 31.2 Å². The maximum absolute atomic E-state index is 13.1. The van der Waals surface area contributed by atoms with Crippen molar-refractivity contribution in [2.75, 3.05) is 26.4 Å². The number of amides is 1. The van der Waals surface area contributed by atoms with E-state index in [9.17, 15) is 14.0 Å². The lowest BCUT2D eigenvalue weighted by atomic mass is 10.2. The van der Waals surface area contributed by atoms with Crippen LogP contribution in [0.1, 0.15) is 23.0 Å². The normalized spacial score (nSPS) is 10.5. The molecule has 33 heavy (non-hydrogen) atoms. The molecule has 8 nitrogen and oxygen atoms in total. The first-order valence-electron chi connectivity index (χ1n) is 10.2. The molecule has 0 aliphatic carbocycles. The maximum atomic E-state index is 13.1. The number of hydrogen-bond acceptors (Lipinski definition) is 6. The number of carbonyl (C=O) groups is 2. The maximum Gasteiger partial charge on any atom is 0.343 e. The number of nitrogens with one attached hydrogen (secondary N) is 1. The van der Waals surface area contributed by atoms with Crippen LogP contribution >= 0.6 is 11.6 Å². The van der Waals surface area contributed by atoms with Crippen molar-refractivity contribution in [3.05, 3.63) is 70.8 Å². The summed E-state index contributed by atoms with van der Waals surface area (Å²) in [7, 11) is 0. The molecule has 0 spiro atoms. The zero-order valence-corrected chi connectivity index (χ0v) is 18.9. The van der Waals surface area contributed by atoms with E-state index in [4.69, 9.17) is 25.8 Å². The summed E-state index contributed by atoms with van der Waals surface area (Å²) in [6.07, 6.45) is 0. The van der Waals surface area contributed by atoms with Gasteiger partial charge in [-0.2, -0.15) is 5.10 Å². The zero-order chi connectivity index (χ0) is 23.8. The minimum atomic E-state index is -0.786. The standard InChI is InChI=1S/C23H23ClFN3O5/c1-3-31-18-8-10-19(11-9-18)32-13-12-26-20(29)14-33-23(30)21-15(2)27-28(22(21)24)17-6-4-16(25)5-7-17/h4-11H,3,12-14H2,1-2H3,(H,26,29). The van der Waals surface area contributed by atoms with Gasteiger partial charge in [-0.1, -0.05) is 11.6 Å². The summed E-state index contributed by atoms with van der Waals surface area (Å²) in [5.74, 6) is -0.291. The molecule has 1 N–H and O–H groups in total. The number of halogens is 2. The van der Waals surface area contributed by atoms with Crippen LogP contribution in [0, 0.1) is 12.7 Å². The van der Waals surface area contributed by atoms with Crippen LogP contribution in [-0.4, -0.2) is 48.0 Å². The highest BCUT2D eigenvalue weighted by Gasteiger charge is 2.23. The molecule has 0 saturated heterocycles. The minimum Gasteiger partial charge on any atom is -0.494 e. The lowest BCUT2D eigenvalue weighted by Gasteiger charge is -2.09. The van der Waals surface area contributed by atoms with Crippen LogP contribution < -0.4 is 14.8 Å². The van der Waals surface area contributed by atoms with Crippen molar-refractivity contribution in [3.63, 3.8) is 0 Å². The zero-order valence-electron chi connectivity index (χ0n) is 18.1. The van der Waals surface area contributed by atoms with Gasteiger partial charge in [-0.15, -0.1) is 0 Å². The Kier molecular flexibility index (Phi) is 8.26. The number of aromatic nitrogens is 2. The van der Waals surface area contributed by atoms with E-state index in [0.29, 0.717) is 23.7 Å². The van der Waals surface area contributed by atoms with Crippen LogP contribution in [-0.2, 0) is 9.53 Å². The molecule has 1 aromatic heterocycles. The molecular formula is C23H23ClFN3O5. The van der Waals surface area contributed by atoms with Gasteiger partial charge in [0.1, 0.15) is 34.6 Å². The van der Waals surface area contributed by atoms with Crippen LogP contribution in [0.3, 0.4) is 0 Å². The molecule has 0 atom stereocenters. The highest BCUT2D eigenvalue weighted by atomic mass is 35.5. The second kappa shape index (κ2) is 11.3. The Balaban J connectivity index is 1.45. The van der Waals surface area contributed by atoms with Gasteiger partial charge in [0.2, 0.25) is 0 Å². The second-order valence-electron chi connectivity index (χ2n) is 6.82. The van der Waals surface area contributed by atoms with Gasteiger partial charge in [0, 0.05) is 0 Å². The van der Waals surface area contributed by atoms with Crippen LogP contribution in [0.5, 0.6) is 11.5 Å². The fraction of sp³-hybridized carbons (Fsp3) is 0.261. The van der Waals surface area contributed by atoms with Crippen LogP contribution in [0.4, 0.5) is 4.39 Å². The number of hydrogen-bond donors (Lipinski definition) is 1. The van der Waals surface area contributed by atoms with Gasteiger partial charge in [0.25, 0.3) is 5.91 Å². The topological polar surface area (TPSA) is 91.7 Å². The van der Waals surface area contributed by atoms with Crippen molar-refractivity contribution in [1.29, 1.82) is 0 Å². The Bertz CT molecular complexity index is 1100. The molecular weight excluding hydrogens is 453 g/mol. The molecule has 1 amide bonds. The Labute approximate surface area is 195 Å². The first kappa shape index (κ1) is 24.1. The van der Waals surface area contributed by atoms with E-state index in [-0.39, 0.29) is 23.9 Å². The second-order valence-corrected chi connectivity index (χ2v) is 7.18. The third-order valence-corrected chi connectivity index (χ3v) is 4.79. The Hall–Kier alpha value is -3.59. The first-order chi connectivity index (χ1) is 15.9. The van der Waals surface area contributed by atoms with E-state index in [0.717, 1.165) is 5.75 Å². The van der Waals surface area contributed by atoms with Crippen LogP contribution in [0.25, 0.3) is 5.69 Å². The van der Waals surface area contributed by atoms with Gasteiger partial charge < -0.3 is 19.5 Å². The molecule has 0 fully saturated rings. The van der Waals surface area contributed by atoms with Crippen molar-refractivity contribution in [2.24, 2.45) is 0 Å². The molecule has 0 unspecified atom stereocenters. The van der Waals surface area contributed by atoms with Gasteiger partial charge in [-0.3, -0.25) is 4.79 Å². The van der Waals surface area contributed by atoms with Crippen LogP contribution in [0.15, 0.2) is 48.5 Å². The summed E-state index contributed by atoms with van der Waals surface area (Å²) in [6.45, 7) is 4.05. The number of esters is 1. The summed E-state index contributed by atoms with van der Waals surface area (Å²) in [5, 5.41) is 6.81. The monoisotopic (exact) mass is 475 g/mol. The summed E-state index contributed by atoms with van der Waals surface area (Å²) in [6, 6.07) is 12.6. The van der Waals surface area contributed by atoms with E-state index >= 15 is 0 Å². The summed E-state index contributed by atoms with van der Waals surface area (Å²) >= 11 is 6.28. The van der Waals surface area contributed by atoms with Gasteiger partial charge in [0.15, 0.2) is 6.61 Å². The molecule has 10 heteroatoms. The third kappa shape index (κ3) is 6.45. The van der Waals surface area contributed by atoms with E-state index in [1.807, 2.05) is 6.92 Å². The van der Waals surface area contributed by atoms with Crippen molar-refractivity contribution in [2.45, 2.75) is 13.8 Å². The third-order valence-electron chi connectivity index (χ3n) is 4.44. The molecule has 0 aliphatic rings. The number of nitrogens with zero attached hydrogens (tertiary/aromatic N) is 2. The predicted molar refractivity (Wildman–Crippen MR) is 120 cm³/mol. The van der Waals surface area contributed by atoms with Crippen molar-refractivity contribution < 1.29 is 28.2 Å². The average molecular weight is 476 g/mol. The van der Waals surface area contributed by atoms with Crippen molar-refractivity contribution in [1.82, 2.24) is 15.1 Å². The molecule has 0 radical (unpaired) electrons. The molecule has 2 aromatic carbocycles. The number of ether oxygens (including phenoxy) is 3. The first-order valence-corrected chi connectivity index (χ1v) is 10.6. The average Bonchev–Trinajstić information content (AvgIpc) is 3.10. The van der Waals surface area contributed by atoms with Crippen molar-refractivity contribution >= 4 is 23.5 Å². The number of benzene rings is 2. The molecule has 0 bridgehead atoms. The summed E-state index contributed by atoms with van der Waals surface area (Å²) in [4.78, 5) is 24.4. The van der Waals surface area contributed by atoms with E-state index in [2.05, 4.69) is 10.4 Å². The number of carbonyl (C=O) groups excluding carboxylic acids is 2. The molecule has 1 heterocycles. The van der Waals surface area contributed by atoms with Crippen LogP contribution in [0.2, 0.25) is 5.15 Å². The lowest BCUT2D eigenvalue weighted by molar-refractivity contribution is -0.124. The highest BCUT2D eigenvalue weighted by molar-refractivity contribution is 6.33. The Morgan fingerprint density at radius 1 is 1.06 bits per heavy atom. The lowest BCUT2D eigenvalue weighted by Crippen LogP contribution is -2.32. The molecule has 0 saturated carbocycles. The summed E-state index contributed by atoms with van der Waals surface area (Å²) < 4.78 is 30.4. The summed E-state index contributed by atoms with van der Waals surface area (Å²) in [5.41, 5.74) is 0.833. The fourth-order valence-corrected chi connectivity index (χ4v) is 3.25. The molecule has 174 valence electrons. The fourth-order valence-electron chi connectivity index (χ4n) is 2.90. The Morgan fingerprint density at radius 3 is 2.33 bits per heavy atom. The van der Waals surface area contributed by atoms with E-state index < -0.39 is 24.3 Å². The SMILES string of the molecule is CCOc1ccc(OCCNC(=O)COC(=O)c2c(C)nn(-c3ccc(F)cc3)c2Cl)cc1. The largest absolute Gasteiger partial charge is 0.494 e. The number of rotatable bonds is 10. The van der Waals surface area contributed by atoms with Gasteiger partial charge in [-0.05, 0) is 62.4 Å². The highest BCUT2D eigenvalue weighted by Crippen LogP contribution is 2.24. The number of aryl methyl sites for hydroxylation is 1. The van der Waals surface area contributed by atoms with Gasteiger partial charge >= 0.3 is 5.97 Å². The predicted octanol–water partition coefficient (Wildman–Crippen LogP) is 3.72. The van der Waals surface area contributed by atoms with E-state index in [1.165, 1.54) is 28.9 Å².